The number of aliphatic hydroxyl groups is 1. The highest BCUT2D eigenvalue weighted by Gasteiger charge is 2.11. The molecule has 0 spiro atoms. The van der Waals surface area contributed by atoms with Crippen LogP contribution in [0.2, 0.25) is 0 Å². The third kappa shape index (κ3) is 2.67. The van der Waals surface area contributed by atoms with Crippen LogP contribution in [0, 0.1) is 0 Å². The van der Waals surface area contributed by atoms with E-state index < -0.39 is 0 Å². The lowest BCUT2D eigenvalue weighted by atomic mass is 10.2. The average molecular weight is 282 g/mol. The molecule has 0 radical (unpaired) electrons. The van der Waals surface area contributed by atoms with Crippen molar-refractivity contribution in [1.29, 1.82) is 0 Å². The zero-order valence-electron chi connectivity index (χ0n) is 12.4. The van der Waals surface area contributed by atoms with Gasteiger partial charge in [-0.05, 0) is 25.1 Å². The van der Waals surface area contributed by atoms with Crippen LogP contribution >= 0.6 is 0 Å². The van der Waals surface area contributed by atoms with Gasteiger partial charge in [-0.2, -0.15) is 0 Å². The van der Waals surface area contributed by atoms with Crippen LogP contribution in [-0.4, -0.2) is 28.9 Å². The molecule has 3 rings (SSSR count). The van der Waals surface area contributed by atoms with E-state index in [4.69, 9.17) is 0 Å². The van der Waals surface area contributed by atoms with E-state index in [-0.39, 0.29) is 12.6 Å². The summed E-state index contributed by atoms with van der Waals surface area (Å²) >= 11 is 0. The molecule has 0 saturated carbocycles. The fourth-order valence-electron chi connectivity index (χ4n) is 3.08. The summed E-state index contributed by atoms with van der Waals surface area (Å²) in [7, 11) is 0. The number of likely N-dealkylation sites (N-methyl/N-ethyl adjacent to an activating group) is 1. The molecular formula is C18H22N2O. The Balaban J connectivity index is 1.99. The molecule has 2 N–H and O–H groups in total. The molecule has 21 heavy (non-hydrogen) atoms. The molecule has 110 valence electrons. The SMILES string of the molecule is CCNC(CO)CCn1c2ccccc2c2ccccc21. The van der Waals surface area contributed by atoms with Crippen LogP contribution in [0.25, 0.3) is 21.8 Å². The van der Waals surface area contributed by atoms with Gasteiger partial charge < -0.3 is 15.0 Å². The molecule has 1 heterocycles. The van der Waals surface area contributed by atoms with Gasteiger partial charge in [0, 0.05) is 34.4 Å². The van der Waals surface area contributed by atoms with Gasteiger partial charge in [-0.1, -0.05) is 43.3 Å². The van der Waals surface area contributed by atoms with Crippen molar-refractivity contribution in [2.24, 2.45) is 0 Å². The summed E-state index contributed by atoms with van der Waals surface area (Å²) in [6.07, 6.45) is 0.924. The fraction of sp³-hybridized carbons (Fsp3) is 0.333. The third-order valence-corrected chi connectivity index (χ3v) is 4.09. The van der Waals surface area contributed by atoms with Crippen LogP contribution in [0.3, 0.4) is 0 Å². The number of nitrogens with one attached hydrogen (secondary N) is 1. The number of hydrogen-bond acceptors (Lipinski definition) is 2. The van der Waals surface area contributed by atoms with E-state index in [9.17, 15) is 5.11 Å². The quantitative estimate of drug-likeness (QED) is 0.729. The molecule has 1 atom stereocenters. The van der Waals surface area contributed by atoms with E-state index in [1.54, 1.807) is 0 Å². The second-order valence-corrected chi connectivity index (χ2v) is 5.41. The van der Waals surface area contributed by atoms with Gasteiger partial charge in [0.2, 0.25) is 0 Å². The van der Waals surface area contributed by atoms with Gasteiger partial charge in [0.15, 0.2) is 0 Å². The van der Waals surface area contributed by atoms with E-state index in [1.807, 2.05) is 0 Å². The smallest absolute Gasteiger partial charge is 0.0585 e. The molecule has 0 fully saturated rings. The van der Waals surface area contributed by atoms with Crippen molar-refractivity contribution in [3.8, 4) is 0 Å². The van der Waals surface area contributed by atoms with E-state index >= 15 is 0 Å². The van der Waals surface area contributed by atoms with Gasteiger partial charge in [-0.15, -0.1) is 0 Å². The van der Waals surface area contributed by atoms with E-state index in [0.717, 1.165) is 19.5 Å². The molecule has 3 aromatic rings. The number of hydrogen-bond donors (Lipinski definition) is 2. The van der Waals surface area contributed by atoms with E-state index in [2.05, 4.69) is 65.3 Å². The van der Waals surface area contributed by atoms with Crippen molar-refractivity contribution in [3.63, 3.8) is 0 Å². The number of benzene rings is 2. The first-order chi connectivity index (χ1) is 10.3. The van der Waals surface area contributed by atoms with Crippen LogP contribution in [0.15, 0.2) is 48.5 Å². The number of rotatable bonds is 6. The van der Waals surface area contributed by atoms with Gasteiger partial charge >= 0.3 is 0 Å². The highest BCUT2D eigenvalue weighted by Crippen LogP contribution is 2.28. The van der Waals surface area contributed by atoms with E-state index in [1.165, 1.54) is 21.8 Å². The Labute approximate surface area is 125 Å². The number of fused-ring (bicyclic) bond motifs is 3. The Hall–Kier alpha value is -1.84. The lowest BCUT2D eigenvalue weighted by Crippen LogP contribution is -2.33. The Kier molecular flexibility index (Phi) is 4.23. The van der Waals surface area contributed by atoms with Gasteiger partial charge in [-0.3, -0.25) is 0 Å². The molecule has 0 bridgehead atoms. The second-order valence-electron chi connectivity index (χ2n) is 5.41. The van der Waals surface area contributed by atoms with Crippen molar-refractivity contribution in [2.75, 3.05) is 13.2 Å². The highest BCUT2D eigenvalue weighted by molar-refractivity contribution is 6.07. The summed E-state index contributed by atoms with van der Waals surface area (Å²) in [6, 6.07) is 17.2. The normalized spacial score (nSPS) is 13.0. The highest BCUT2D eigenvalue weighted by atomic mass is 16.3. The van der Waals surface area contributed by atoms with Gasteiger partial charge in [0.1, 0.15) is 0 Å². The number of aryl methyl sites for hydroxylation is 1. The molecule has 2 aromatic carbocycles. The lowest BCUT2D eigenvalue weighted by Gasteiger charge is -2.16. The Morgan fingerprint density at radius 3 is 2.10 bits per heavy atom. The first-order valence-corrected chi connectivity index (χ1v) is 7.65. The topological polar surface area (TPSA) is 37.2 Å². The van der Waals surface area contributed by atoms with Crippen molar-refractivity contribution < 1.29 is 5.11 Å². The molecule has 0 aliphatic heterocycles. The minimum absolute atomic E-state index is 0.162. The Morgan fingerprint density at radius 1 is 1.00 bits per heavy atom. The van der Waals surface area contributed by atoms with Crippen LogP contribution < -0.4 is 5.32 Å². The maximum atomic E-state index is 9.44. The fourth-order valence-corrected chi connectivity index (χ4v) is 3.08. The van der Waals surface area contributed by atoms with Crippen molar-refractivity contribution >= 4 is 21.8 Å². The number of aromatic nitrogens is 1. The molecule has 0 amide bonds. The van der Waals surface area contributed by atoms with Gasteiger partial charge in [0.25, 0.3) is 0 Å². The Morgan fingerprint density at radius 2 is 1.57 bits per heavy atom. The lowest BCUT2D eigenvalue weighted by molar-refractivity contribution is 0.234. The molecule has 0 aliphatic carbocycles. The predicted molar refractivity (Wildman–Crippen MR) is 88.6 cm³/mol. The van der Waals surface area contributed by atoms with Crippen molar-refractivity contribution in [2.45, 2.75) is 25.9 Å². The van der Waals surface area contributed by atoms with Crippen LogP contribution in [0.1, 0.15) is 13.3 Å². The van der Waals surface area contributed by atoms with Crippen LogP contribution in [-0.2, 0) is 6.54 Å². The number of nitrogens with zero attached hydrogens (tertiary/aromatic N) is 1. The summed E-state index contributed by atoms with van der Waals surface area (Å²) in [5.41, 5.74) is 2.54. The predicted octanol–water partition coefficient (Wildman–Crippen LogP) is 3.16. The van der Waals surface area contributed by atoms with Crippen LogP contribution in [0.5, 0.6) is 0 Å². The minimum atomic E-state index is 0.162. The van der Waals surface area contributed by atoms with Crippen molar-refractivity contribution in [3.05, 3.63) is 48.5 Å². The molecule has 1 unspecified atom stereocenters. The third-order valence-electron chi connectivity index (χ3n) is 4.09. The summed E-state index contributed by atoms with van der Waals surface area (Å²) in [6.45, 7) is 4.05. The van der Waals surface area contributed by atoms with Crippen molar-refractivity contribution in [1.82, 2.24) is 9.88 Å². The summed E-state index contributed by atoms with van der Waals surface area (Å²) in [5, 5.41) is 15.4. The molecule has 1 aromatic heterocycles. The Bertz CT molecular complexity index is 679. The minimum Gasteiger partial charge on any atom is -0.395 e. The van der Waals surface area contributed by atoms with Crippen LogP contribution in [0.4, 0.5) is 0 Å². The summed E-state index contributed by atoms with van der Waals surface area (Å²) in [5.74, 6) is 0. The first-order valence-electron chi connectivity index (χ1n) is 7.65. The summed E-state index contributed by atoms with van der Waals surface area (Å²) in [4.78, 5) is 0. The molecule has 0 aliphatic rings. The maximum absolute atomic E-state index is 9.44. The van der Waals surface area contributed by atoms with Gasteiger partial charge in [0.05, 0.1) is 6.61 Å². The van der Waals surface area contributed by atoms with Gasteiger partial charge in [-0.25, -0.2) is 0 Å². The number of aliphatic hydroxyl groups excluding tert-OH is 1. The zero-order chi connectivity index (χ0) is 14.7. The number of para-hydroxylation sites is 2. The second kappa shape index (κ2) is 6.29. The standard InChI is InChI=1S/C18H22N2O/c1-2-19-14(13-21)11-12-20-17-9-5-3-7-15(17)16-8-4-6-10-18(16)20/h3-10,14,19,21H,2,11-13H2,1H3. The largest absolute Gasteiger partial charge is 0.395 e. The maximum Gasteiger partial charge on any atom is 0.0585 e. The molecule has 3 nitrogen and oxygen atoms in total. The van der Waals surface area contributed by atoms with E-state index in [0.29, 0.717) is 0 Å². The zero-order valence-corrected chi connectivity index (χ0v) is 12.4. The molecule has 0 saturated heterocycles. The first kappa shape index (κ1) is 14.1. The summed E-state index contributed by atoms with van der Waals surface area (Å²) < 4.78 is 2.37. The monoisotopic (exact) mass is 282 g/mol. The molecular weight excluding hydrogens is 260 g/mol. The molecule has 3 heteroatoms. The average Bonchev–Trinajstić information content (AvgIpc) is 2.86.